The molecular formula is C20H36O6S9. The first-order chi connectivity index (χ1) is 17.0. The van der Waals surface area contributed by atoms with E-state index in [4.69, 9.17) is 10.2 Å². The second kappa shape index (κ2) is 28.9. The number of aliphatic hydroxyl groups is 2. The van der Waals surface area contributed by atoms with E-state index in [9.17, 15) is 18.6 Å². The van der Waals surface area contributed by atoms with Crippen molar-refractivity contribution in [1.29, 1.82) is 0 Å². The van der Waals surface area contributed by atoms with Gasteiger partial charge in [0.2, 0.25) is 0 Å². The Hall–Kier alpha value is 1.88. The van der Waals surface area contributed by atoms with E-state index in [0.29, 0.717) is 40.9 Å². The van der Waals surface area contributed by atoms with Gasteiger partial charge in [-0.3, -0.25) is 18.6 Å². The van der Waals surface area contributed by atoms with Gasteiger partial charge in [0.05, 0.1) is 11.9 Å². The van der Waals surface area contributed by atoms with Crippen molar-refractivity contribution >= 4 is 120 Å². The summed E-state index contributed by atoms with van der Waals surface area (Å²) in [7, 11) is -0.812. The minimum absolute atomic E-state index is 0.0334. The number of thioether (sulfide) groups is 8. The molecule has 6 nitrogen and oxygen atoms in total. The van der Waals surface area contributed by atoms with Gasteiger partial charge in [-0.05, 0) is 12.2 Å². The van der Waals surface area contributed by atoms with Crippen molar-refractivity contribution in [1.82, 2.24) is 0 Å². The Morgan fingerprint density at radius 3 is 1.57 bits per heavy atom. The summed E-state index contributed by atoms with van der Waals surface area (Å²) in [5, 5.41) is 19.0. The van der Waals surface area contributed by atoms with E-state index in [1.165, 1.54) is 58.8 Å². The van der Waals surface area contributed by atoms with E-state index >= 15 is 0 Å². The van der Waals surface area contributed by atoms with E-state index in [2.05, 4.69) is 0 Å². The molecule has 35 heavy (non-hydrogen) atoms. The molecule has 0 aromatic heterocycles. The third kappa shape index (κ3) is 28.7. The first-order valence-electron chi connectivity index (χ1n) is 10.9. The fraction of sp³-hybridized carbons (Fsp3) is 0.850. The second-order valence-corrected chi connectivity index (χ2v) is 17.7. The van der Waals surface area contributed by atoms with Gasteiger partial charge >= 0.3 is 0 Å². The van der Waals surface area contributed by atoms with Crippen LogP contribution in [-0.2, 0) is 25.2 Å². The molecule has 206 valence electrons. The summed E-state index contributed by atoms with van der Waals surface area (Å²) in [5.41, 5.74) is 0. The van der Waals surface area contributed by atoms with Crippen molar-refractivity contribution in [3.63, 3.8) is 0 Å². The molecule has 0 spiro atoms. The summed E-state index contributed by atoms with van der Waals surface area (Å²) >= 11 is 11.6. The molecule has 0 amide bonds. The van der Waals surface area contributed by atoms with Crippen LogP contribution in [0, 0.1) is 0 Å². The normalized spacial score (nSPS) is 12.1. The molecule has 0 rings (SSSR count). The van der Waals surface area contributed by atoms with Crippen LogP contribution in [0.5, 0.6) is 0 Å². The van der Waals surface area contributed by atoms with Gasteiger partial charge in [-0.2, -0.15) is 35.3 Å². The summed E-state index contributed by atoms with van der Waals surface area (Å²) in [6.45, 7) is 0. The molecule has 1 unspecified atom stereocenters. The first-order valence-corrected chi connectivity index (χ1v) is 21.1. The zero-order chi connectivity index (χ0) is 26.0. The molecule has 0 bridgehead atoms. The number of hydrogen-bond donors (Lipinski definition) is 2. The molecule has 0 aliphatic carbocycles. The van der Waals surface area contributed by atoms with Crippen LogP contribution in [0.15, 0.2) is 0 Å². The predicted molar refractivity (Wildman–Crippen MR) is 170 cm³/mol. The standard InChI is InChI=1S/C20H36O6S9/c21-14-30-16-33-19(24)3-6-27-5-1-12-35(26)13-11-29-9-10-32-18(23)2-7-28-8-4-20(25)34-17-31-15-22/h21-22H,1-17H2. The van der Waals surface area contributed by atoms with E-state index in [0.717, 1.165) is 46.7 Å². The molecule has 0 aromatic carbocycles. The average molecular weight is 661 g/mol. The minimum Gasteiger partial charge on any atom is -0.386 e. The lowest BCUT2D eigenvalue weighted by atomic mass is 10.5. The molecule has 0 aliphatic heterocycles. The maximum Gasteiger partial charge on any atom is 0.190 e. The Labute approximate surface area is 246 Å². The molecule has 1 atom stereocenters. The zero-order valence-electron chi connectivity index (χ0n) is 19.7. The minimum atomic E-state index is -0.812. The van der Waals surface area contributed by atoms with Crippen molar-refractivity contribution in [3.05, 3.63) is 0 Å². The van der Waals surface area contributed by atoms with Crippen LogP contribution in [0.25, 0.3) is 0 Å². The Balaban J connectivity index is 3.41. The van der Waals surface area contributed by atoms with Crippen LogP contribution >= 0.6 is 94.1 Å². The van der Waals surface area contributed by atoms with Gasteiger partial charge in [-0.1, -0.05) is 35.3 Å². The van der Waals surface area contributed by atoms with Gasteiger partial charge in [-0.25, -0.2) is 0 Å². The third-order valence-electron chi connectivity index (χ3n) is 3.75. The van der Waals surface area contributed by atoms with E-state index in [1.807, 2.05) is 0 Å². The fourth-order valence-corrected chi connectivity index (χ4v) is 10.6. The van der Waals surface area contributed by atoms with Crippen molar-refractivity contribution < 1.29 is 28.8 Å². The molecule has 0 saturated carbocycles. The van der Waals surface area contributed by atoms with Gasteiger partial charge < -0.3 is 10.2 Å². The highest BCUT2D eigenvalue weighted by Crippen LogP contribution is 2.18. The SMILES string of the molecule is O=C(CCSCCC(=O)SCSCO)SCCSCCS(=O)CCCSCCC(=O)SCSCO. The fourth-order valence-electron chi connectivity index (χ4n) is 2.07. The summed E-state index contributed by atoms with van der Waals surface area (Å²) in [6, 6.07) is 0. The molecule has 2 N–H and O–H groups in total. The molecular weight excluding hydrogens is 625 g/mol. The lowest BCUT2D eigenvalue weighted by Gasteiger charge is -2.04. The van der Waals surface area contributed by atoms with Crippen molar-refractivity contribution in [2.75, 3.05) is 73.8 Å². The molecule has 0 saturated heterocycles. The summed E-state index contributed by atoms with van der Waals surface area (Å²) in [5.74, 6) is 7.09. The van der Waals surface area contributed by atoms with Crippen LogP contribution in [0.4, 0.5) is 0 Å². The van der Waals surface area contributed by atoms with Crippen molar-refractivity contribution in [3.8, 4) is 0 Å². The quantitative estimate of drug-likeness (QED) is 0.106. The maximum absolute atomic E-state index is 12.1. The van der Waals surface area contributed by atoms with Crippen LogP contribution in [0.3, 0.4) is 0 Å². The molecule has 0 heterocycles. The Morgan fingerprint density at radius 1 is 0.543 bits per heavy atom. The highest BCUT2D eigenvalue weighted by atomic mass is 32.2. The maximum atomic E-state index is 12.1. The lowest BCUT2D eigenvalue weighted by Crippen LogP contribution is -2.07. The van der Waals surface area contributed by atoms with Crippen LogP contribution in [0.2, 0.25) is 0 Å². The third-order valence-corrected chi connectivity index (χ3v) is 13.3. The molecule has 0 aliphatic rings. The van der Waals surface area contributed by atoms with Gasteiger partial charge in [0, 0.05) is 86.3 Å². The molecule has 0 radical (unpaired) electrons. The number of aliphatic hydroxyl groups excluding tert-OH is 2. The Bertz CT molecular complexity index is 583. The average Bonchev–Trinajstić information content (AvgIpc) is 2.83. The Kier molecular flexibility index (Phi) is 30.4. The van der Waals surface area contributed by atoms with Crippen molar-refractivity contribution in [2.24, 2.45) is 0 Å². The number of rotatable bonds is 25. The topological polar surface area (TPSA) is 109 Å². The van der Waals surface area contributed by atoms with Crippen LogP contribution < -0.4 is 0 Å². The van der Waals surface area contributed by atoms with E-state index < -0.39 is 10.8 Å². The van der Waals surface area contributed by atoms with E-state index in [-0.39, 0.29) is 27.2 Å². The summed E-state index contributed by atoms with van der Waals surface area (Å²) in [6.07, 6.45) is 2.43. The van der Waals surface area contributed by atoms with Crippen LogP contribution in [0.1, 0.15) is 25.7 Å². The van der Waals surface area contributed by atoms with Crippen LogP contribution in [-0.4, -0.2) is 104 Å². The monoisotopic (exact) mass is 660 g/mol. The summed E-state index contributed by atoms with van der Waals surface area (Å²) < 4.78 is 12.1. The number of carbonyl (C=O) groups excluding carboxylic acids is 3. The van der Waals surface area contributed by atoms with Gasteiger partial charge in [0.25, 0.3) is 0 Å². The van der Waals surface area contributed by atoms with Gasteiger partial charge in [-0.15, -0.1) is 23.5 Å². The van der Waals surface area contributed by atoms with E-state index in [1.54, 1.807) is 35.3 Å². The largest absolute Gasteiger partial charge is 0.386 e. The molecule has 0 fully saturated rings. The predicted octanol–water partition coefficient (Wildman–Crippen LogP) is 4.56. The highest BCUT2D eigenvalue weighted by molar-refractivity contribution is 8.24. The zero-order valence-corrected chi connectivity index (χ0v) is 27.1. The van der Waals surface area contributed by atoms with Gasteiger partial charge in [0.15, 0.2) is 15.3 Å². The molecule has 0 aromatic rings. The lowest BCUT2D eigenvalue weighted by molar-refractivity contribution is -0.111. The number of hydrogen-bond acceptors (Lipinski definition) is 14. The first kappa shape index (κ1) is 36.9. The Morgan fingerprint density at radius 2 is 1.03 bits per heavy atom. The van der Waals surface area contributed by atoms with Gasteiger partial charge in [0.1, 0.15) is 0 Å². The summed E-state index contributed by atoms with van der Waals surface area (Å²) in [4.78, 5) is 35.1. The smallest absolute Gasteiger partial charge is 0.190 e. The van der Waals surface area contributed by atoms with Crippen molar-refractivity contribution in [2.45, 2.75) is 25.7 Å². The number of carbonyl (C=O) groups is 3. The molecule has 15 heteroatoms. The highest BCUT2D eigenvalue weighted by Gasteiger charge is 2.07. The second-order valence-electron chi connectivity index (χ2n) is 6.44.